The van der Waals surface area contributed by atoms with Crippen LogP contribution in [0.15, 0.2) is 72.8 Å². The Morgan fingerprint density at radius 3 is 1.76 bits per heavy atom. The Balaban J connectivity index is 1.56. The molecule has 0 aromatic heterocycles. The second-order valence-corrected chi connectivity index (χ2v) is 6.24. The highest BCUT2D eigenvalue weighted by Gasteiger charge is 2.15. The Bertz CT molecular complexity index is 988. The fraction of sp³-hybridized carbons (Fsp3) is 0.0909. The lowest BCUT2D eigenvalue weighted by Crippen LogP contribution is -2.30. The van der Waals surface area contributed by atoms with Gasteiger partial charge in [-0.1, -0.05) is 0 Å². The van der Waals surface area contributed by atoms with Crippen molar-refractivity contribution >= 4 is 23.2 Å². The molecule has 0 saturated heterocycles. The van der Waals surface area contributed by atoms with E-state index in [0.717, 1.165) is 0 Å². The zero-order chi connectivity index (χ0) is 20.8. The van der Waals surface area contributed by atoms with E-state index >= 15 is 0 Å². The Labute approximate surface area is 166 Å². The number of carbonyl (C=O) groups excluding carboxylic acids is 2. The molecular formula is C22H18F2N2O3. The standard InChI is InChI=1S/C22H18F2N2O3/c1-14(21(27)25-18-8-4-16(23)5-9-18)29-20-12-2-15(3-13-20)22(28)26-19-10-6-17(24)7-11-19/h2-14H,1H3,(H,25,27)(H,26,28)/t14-/m0/s1. The van der Waals surface area contributed by atoms with Gasteiger partial charge in [-0.05, 0) is 79.7 Å². The van der Waals surface area contributed by atoms with Crippen molar-refractivity contribution in [2.75, 3.05) is 10.6 Å². The molecule has 2 N–H and O–H groups in total. The van der Waals surface area contributed by atoms with Crippen molar-refractivity contribution in [3.8, 4) is 5.75 Å². The van der Waals surface area contributed by atoms with Crippen molar-refractivity contribution in [3.63, 3.8) is 0 Å². The van der Waals surface area contributed by atoms with Gasteiger partial charge in [-0.2, -0.15) is 0 Å². The second-order valence-electron chi connectivity index (χ2n) is 6.24. The number of rotatable bonds is 6. The van der Waals surface area contributed by atoms with Gasteiger partial charge >= 0.3 is 0 Å². The smallest absolute Gasteiger partial charge is 0.265 e. The monoisotopic (exact) mass is 396 g/mol. The molecule has 0 fully saturated rings. The second kappa shape index (κ2) is 8.97. The van der Waals surface area contributed by atoms with Crippen molar-refractivity contribution < 1.29 is 23.1 Å². The predicted molar refractivity (Wildman–Crippen MR) is 106 cm³/mol. The van der Waals surface area contributed by atoms with Crippen LogP contribution in [0, 0.1) is 11.6 Å². The Hall–Kier alpha value is -3.74. The number of carbonyl (C=O) groups is 2. The summed E-state index contributed by atoms with van der Waals surface area (Å²) in [6, 6.07) is 17.1. The minimum atomic E-state index is -0.807. The fourth-order valence-corrected chi connectivity index (χ4v) is 2.46. The number of hydrogen-bond acceptors (Lipinski definition) is 3. The van der Waals surface area contributed by atoms with Crippen LogP contribution in [0.1, 0.15) is 17.3 Å². The van der Waals surface area contributed by atoms with Gasteiger partial charge in [-0.3, -0.25) is 9.59 Å². The van der Waals surface area contributed by atoms with E-state index in [1.54, 1.807) is 31.2 Å². The summed E-state index contributed by atoms with van der Waals surface area (Å²) in [5.74, 6) is -1.12. The number of halogens is 2. The molecule has 0 saturated carbocycles. The summed E-state index contributed by atoms with van der Waals surface area (Å²) in [5, 5.41) is 5.29. The van der Waals surface area contributed by atoms with Crippen LogP contribution >= 0.6 is 0 Å². The van der Waals surface area contributed by atoms with Crippen molar-refractivity contribution in [1.29, 1.82) is 0 Å². The Morgan fingerprint density at radius 1 is 0.759 bits per heavy atom. The van der Waals surface area contributed by atoms with E-state index < -0.39 is 17.8 Å². The summed E-state index contributed by atoms with van der Waals surface area (Å²) >= 11 is 0. The first kappa shape index (κ1) is 20.0. The zero-order valence-corrected chi connectivity index (χ0v) is 15.5. The SMILES string of the molecule is C[C@H](Oc1ccc(C(=O)Nc2ccc(F)cc2)cc1)C(=O)Nc1ccc(F)cc1. The van der Waals surface area contributed by atoms with Crippen molar-refractivity contribution in [3.05, 3.63) is 90.0 Å². The summed E-state index contributed by atoms with van der Waals surface area (Å²) in [7, 11) is 0. The van der Waals surface area contributed by atoms with Gasteiger partial charge in [0.05, 0.1) is 0 Å². The average Bonchev–Trinajstić information content (AvgIpc) is 2.72. The van der Waals surface area contributed by atoms with Gasteiger partial charge in [0.25, 0.3) is 11.8 Å². The first-order chi connectivity index (χ1) is 13.9. The third-order valence-corrected chi connectivity index (χ3v) is 4.01. The predicted octanol–water partition coefficient (Wildman–Crippen LogP) is 4.62. The number of hydrogen-bond donors (Lipinski definition) is 2. The zero-order valence-electron chi connectivity index (χ0n) is 15.5. The summed E-state index contributed by atoms with van der Waals surface area (Å²) in [5.41, 5.74) is 1.31. The maximum Gasteiger partial charge on any atom is 0.265 e. The molecule has 0 heterocycles. The molecule has 0 bridgehead atoms. The van der Waals surface area contributed by atoms with E-state index in [-0.39, 0.29) is 11.7 Å². The van der Waals surface area contributed by atoms with Crippen LogP contribution in [-0.2, 0) is 4.79 Å². The molecule has 5 nitrogen and oxygen atoms in total. The van der Waals surface area contributed by atoms with Gasteiger partial charge < -0.3 is 15.4 Å². The van der Waals surface area contributed by atoms with E-state index in [4.69, 9.17) is 4.74 Å². The van der Waals surface area contributed by atoms with E-state index in [9.17, 15) is 18.4 Å². The quantitative estimate of drug-likeness (QED) is 0.639. The van der Waals surface area contributed by atoms with Crippen LogP contribution in [0.5, 0.6) is 5.75 Å². The number of anilines is 2. The molecule has 0 spiro atoms. The van der Waals surface area contributed by atoms with Crippen LogP contribution < -0.4 is 15.4 Å². The maximum absolute atomic E-state index is 12.9. The number of benzene rings is 3. The van der Waals surface area contributed by atoms with Crippen LogP contribution in [0.4, 0.5) is 20.2 Å². The van der Waals surface area contributed by atoms with Crippen molar-refractivity contribution in [1.82, 2.24) is 0 Å². The highest BCUT2D eigenvalue weighted by atomic mass is 19.1. The number of nitrogens with one attached hydrogen (secondary N) is 2. The molecule has 7 heteroatoms. The molecule has 148 valence electrons. The highest BCUT2D eigenvalue weighted by Crippen LogP contribution is 2.17. The first-order valence-corrected chi connectivity index (χ1v) is 8.81. The summed E-state index contributed by atoms with van der Waals surface area (Å²) in [4.78, 5) is 24.4. The van der Waals surface area contributed by atoms with Gasteiger partial charge in [0, 0.05) is 16.9 Å². The van der Waals surface area contributed by atoms with Crippen LogP contribution in [-0.4, -0.2) is 17.9 Å². The van der Waals surface area contributed by atoms with Crippen molar-refractivity contribution in [2.45, 2.75) is 13.0 Å². The molecular weight excluding hydrogens is 378 g/mol. The van der Waals surface area contributed by atoms with E-state index in [0.29, 0.717) is 22.7 Å². The van der Waals surface area contributed by atoms with Gasteiger partial charge in [0.1, 0.15) is 17.4 Å². The highest BCUT2D eigenvalue weighted by molar-refractivity contribution is 6.04. The molecule has 3 aromatic rings. The van der Waals surface area contributed by atoms with E-state index in [1.807, 2.05) is 0 Å². The summed E-state index contributed by atoms with van der Waals surface area (Å²) in [6.45, 7) is 1.58. The minimum Gasteiger partial charge on any atom is -0.481 e. The maximum atomic E-state index is 12.9. The third-order valence-electron chi connectivity index (χ3n) is 4.01. The van der Waals surface area contributed by atoms with Crippen LogP contribution in [0.2, 0.25) is 0 Å². The molecule has 2 amide bonds. The molecule has 0 aliphatic heterocycles. The summed E-state index contributed by atoms with van der Waals surface area (Å²) in [6.07, 6.45) is -0.807. The van der Waals surface area contributed by atoms with E-state index in [2.05, 4.69) is 10.6 Å². The van der Waals surface area contributed by atoms with Gasteiger partial charge in [-0.25, -0.2) is 8.78 Å². The molecule has 0 radical (unpaired) electrons. The lowest BCUT2D eigenvalue weighted by atomic mass is 10.2. The minimum absolute atomic E-state index is 0.356. The molecule has 0 aliphatic carbocycles. The lowest BCUT2D eigenvalue weighted by Gasteiger charge is -2.15. The van der Waals surface area contributed by atoms with Crippen molar-refractivity contribution in [2.24, 2.45) is 0 Å². The molecule has 3 rings (SSSR count). The summed E-state index contributed by atoms with van der Waals surface area (Å²) < 4.78 is 31.4. The molecule has 29 heavy (non-hydrogen) atoms. The molecule has 0 aliphatic rings. The van der Waals surface area contributed by atoms with Crippen LogP contribution in [0.25, 0.3) is 0 Å². The Morgan fingerprint density at radius 2 is 1.24 bits per heavy atom. The topological polar surface area (TPSA) is 67.4 Å². The van der Waals surface area contributed by atoms with Gasteiger partial charge in [-0.15, -0.1) is 0 Å². The van der Waals surface area contributed by atoms with Crippen LogP contribution in [0.3, 0.4) is 0 Å². The van der Waals surface area contributed by atoms with E-state index in [1.165, 1.54) is 48.5 Å². The third kappa shape index (κ3) is 5.62. The molecule has 0 unspecified atom stereocenters. The molecule has 1 atom stereocenters. The van der Waals surface area contributed by atoms with Gasteiger partial charge in [0.15, 0.2) is 6.10 Å². The first-order valence-electron chi connectivity index (χ1n) is 8.81. The largest absolute Gasteiger partial charge is 0.481 e. The van der Waals surface area contributed by atoms with Gasteiger partial charge in [0.2, 0.25) is 0 Å². The fourth-order valence-electron chi connectivity index (χ4n) is 2.46. The number of ether oxygens (including phenoxy) is 1. The lowest BCUT2D eigenvalue weighted by molar-refractivity contribution is -0.122. The molecule has 3 aromatic carbocycles. The average molecular weight is 396 g/mol. The Kier molecular flexibility index (Phi) is 6.19. The number of amides is 2. The normalized spacial score (nSPS) is 11.4.